The van der Waals surface area contributed by atoms with Gasteiger partial charge < -0.3 is 39.7 Å². The lowest BCUT2D eigenvalue weighted by Crippen LogP contribution is -2.61. The number of hydrogen-bond donors (Lipinski definition) is 6. The van der Waals surface area contributed by atoms with E-state index in [1.807, 2.05) is 0 Å². The second-order valence-corrected chi connectivity index (χ2v) is 6.66. The Kier molecular flexibility index (Phi) is 6.21. The molecule has 0 aromatic heterocycles. The molecule has 0 radical (unpaired) electrons. The van der Waals surface area contributed by atoms with Crippen molar-refractivity contribution in [2.75, 3.05) is 0 Å². The minimum absolute atomic E-state index is 0.721. The van der Waals surface area contributed by atoms with Crippen molar-refractivity contribution in [1.29, 1.82) is 0 Å². The van der Waals surface area contributed by atoms with Gasteiger partial charge in [-0.05, 0) is 13.0 Å². The fourth-order valence-electron chi connectivity index (χ4n) is 2.48. The standard InChI is InChI=1S/C12H18O13S/c1-3-8(9(25-26(19,20)21)7(15)11(18)22-3)24-12-6(14)4(13)2-5(23-12)10(16)17/h2-4,6-9,11-15,18H,1H3,(H,16,17)(H,19,20,21)/t3-,4-,6+,7+,8-,9-,11?,12-/m0/s1. The van der Waals surface area contributed by atoms with Gasteiger partial charge in [0.05, 0.1) is 6.10 Å². The van der Waals surface area contributed by atoms with Crippen molar-refractivity contribution < 1.29 is 61.7 Å². The minimum Gasteiger partial charge on any atom is -0.475 e. The number of aliphatic hydroxyl groups excluding tert-OH is 4. The van der Waals surface area contributed by atoms with Crippen molar-refractivity contribution in [3.05, 3.63) is 11.8 Å². The lowest BCUT2D eigenvalue weighted by atomic mass is 9.99. The molecule has 0 spiro atoms. The molecular formula is C12H18O13S. The van der Waals surface area contributed by atoms with Crippen molar-refractivity contribution in [3.63, 3.8) is 0 Å². The smallest absolute Gasteiger partial charge is 0.397 e. The van der Waals surface area contributed by atoms with Gasteiger partial charge in [-0.15, -0.1) is 0 Å². The van der Waals surface area contributed by atoms with Crippen LogP contribution in [0.15, 0.2) is 11.8 Å². The first-order valence-electron chi connectivity index (χ1n) is 7.21. The first-order valence-corrected chi connectivity index (χ1v) is 8.58. The number of carboxylic acid groups (broad SMARTS) is 1. The molecule has 0 bridgehead atoms. The predicted molar refractivity (Wildman–Crippen MR) is 76.5 cm³/mol. The summed E-state index contributed by atoms with van der Waals surface area (Å²) in [6.45, 7) is 1.28. The fraction of sp³-hybridized carbons (Fsp3) is 0.750. The van der Waals surface area contributed by atoms with Crippen LogP contribution >= 0.6 is 0 Å². The number of ether oxygens (including phenoxy) is 3. The van der Waals surface area contributed by atoms with Crippen LogP contribution in [-0.4, -0.2) is 93.7 Å². The fourth-order valence-corrected chi connectivity index (χ4v) is 2.98. The van der Waals surface area contributed by atoms with E-state index < -0.39 is 71.3 Å². The van der Waals surface area contributed by atoms with Gasteiger partial charge in [-0.1, -0.05) is 0 Å². The molecule has 1 unspecified atom stereocenters. The monoisotopic (exact) mass is 402 g/mol. The summed E-state index contributed by atoms with van der Waals surface area (Å²) >= 11 is 0. The van der Waals surface area contributed by atoms with Gasteiger partial charge in [-0.25, -0.2) is 8.98 Å². The maximum absolute atomic E-state index is 11.0. The normalized spacial score (nSPS) is 41.2. The van der Waals surface area contributed by atoms with E-state index in [1.165, 1.54) is 6.92 Å². The maximum atomic E-state index is 11.0. The molecular weight excluding hydrogens is 384 g/mol. The lowest BCUT2D eigenvalue weighted by molar-refractivity contribution is -0.316. The van der Waals surface area contributed by atoms with Gasteiger partial charge in [0.25, 0.3) is 0 Å². The molecule has 8 atom stereocenters. The SMILES string of the molecule is C[C@@H]1OC(O)[C@H](O)[C@H](OS(=O)(=O)O)[C@H]1O[C@@H]1OC(C(=O)O)=C[C@H](O)[C@H]1O. The molecule has 26 heavy (non-hydrogen) atoms. The lowest BCUT2D eigenvalue weighted by Gasteiger charge is -2.43. The average molecular weight is 402 g/mol. The van der Waals surface area contributed by atoms with Crippen molar-refractivity contribution in [1.82, 2.24) is 0 Å². The molecule has 1 saturated heterocycles. The highest BCUT2D eigenvalue weighted by Gasteiger charge is 2.49. The second kappa shape index (κ2) is 7.71. The van der Waals surface area contributed by atoms with Gasteiger partial charge in [-0.2, -0.15) is 8.42 Å². The van der Waals surface area contributed by atoms with E-state index in [0.717, 1.165) is 6.08 Å². The zero-order valence-corrected chi connectivity index (χ0v) is 14.0. The number of aliphatic carboxylic acids is 1. The largest absolute Gasteiger partial charge is 0.475 e. The Hall–Kier alpha value is -1.36. The second-order valence-electron chi connectivity index (χ2n) is 5.62. The summed E-state index contributed by atoms with van der Waals surface area (Å²) in [5, 5.41) is 47.9. The molecule has 0 aromatic carbocycles. The molecule has 0 aliphatic carbocycles. The van der Waals surface area contributed by atoms with Crippen molar-refractivity contribution >= 4 is 16.4 Å². The summed E-state index contributed by atoms with van der Waals surface area (Å²) in [4.78, 5) is 11.0. The molecule has 0 saturated carbocycles. The van der Waals surface area contributed by atoms with Crippen LogP contribution in [0.2, 0.25) is 0 Å². The molecule has 13 nitrogen and oxygen atoms in total. The van der Waals surface area contributed by atoms with Crippen LogP contribution < -0.4 is 0 Å². The summed E-state index contributed by atoms with van der Waals surface area (Å²) in [5.74, 6) is -2.32. The third-order valence-electron chi connectivity index (χ3n) is 3.70. The Bertz CT molecular complexity index is 660. The summed E-state index contributed by atoms with van der Waals surface area (Å²) in [6.07, 6.45) is -13.0. The summed E-state index contributed by atoms with van der Waals surface area (Å²) in [7, 11) is -5.09. The Morgan fingerprint density at radius 3 is 2.31 bits per heavy atom. The molecule has 2 heterocycles. The summed E-state index contributed by atoms with van der Waals surface area (Å²) in [6, 6.07) is 0. The van der Waals surface area contributed by atoms with Gasteiger partial charge >= 0.3 is 16.4 Å². The minimum atomic E-state index is -5.09. The first kappa shape index (κ1) is 20.9. The van der Waals surface area contributed by atoms with Crippen molar-refractivity contribution in [2.45, 2.75) is 56.1 Å². The Morgan fingerprint density at radius 1 is 1.15 bits per heavy atom. The molecule has 150 valence electrons. The topological polar surface area (TPSA) is 210 Å². The van der Waals surface area contributed by atoms with Gasteiger partial charge in [0, 0.05) is 0 Å². The first-order chi connectivity index (χ1) is 11.9. The number of carbonyl (C=O) groups is 1. The van der Waals surface area contributed by atoms with Crippen LogP contribution in [0.4, 0.5) is 0 Å². The molecule has 1 fully saturated rings. The van der Waals surface area contributed by atoms with Crippen LogP contribution in [0.5, 0.6) is 0 Å². The zero-order chi connectivity index (χ0) is 19.8. The molecule has 2 aliphatic heterocycles. The summed E-state index contributed by atoms with van der Waals surface area (Å²) in [5.41, 5.74) is 0. The van der Waals surface area contributed by atoms with E-state index in [1.54, 1.807) is 0 Å². The highest BCUT2D eigenvalue weighted by Crippen LogP contribution is 2.29. The Balaban J connectivity index is 2.25. The number of hydrogen-bond acceptors (Lipinski definition) is 11. The third kappa shape index (κ3) is 4.67. The van der Waals surface area contributed by atoms with Crippen molar-refractivity contribution in [3.8, 4) is 0 Å². The number of aliphatic hydroxyl groups is 4. The van der Waals surface area contributed by atoms with E-state index in [-0.39, 0.29) is 0 Å². The highest BCUT2D eigenvalue weighted by atomic mass is 32.3. The Morgan fingerprint density at radius 2 is 1.77 bits per heavy atom. The zero-order valence-electron chi connectivity index (χ0n) is 13.1. The molecule has 14 heteroatoms. The Labute approximate surface area is 146 Å². The molecule has 0 amide bonds. The third-order valence-corrected chi connectivity index (χ3v) is 4.16. The maximum Gasteiger partial charge on any atom is 0.397 e. The van der Waals surface area contributed by atoms with Crippen molar-refractivity contribution in [2.24, 2.45) is 0 Å². The summed E-state index contributed by atoms with van der Waals surface area (Å²) < 4.78 is 50.2. The molecule has 0 aromatic rings. The number of carboxylic acids is 1. The van der Waals surface area contributed by atoms with Gasteiger partial charge in [0.2, 0.25) is 12.0 Å². The van der Waals surface area contributed by atoms with Crippen LogP contribution in [0.3, 0.4) is 0 Å². The van der Waals surface area contributed by atoms with E-state index in [9.17, 15) is 33.6 Å². The van der Waals surface area contributed by atoms with E-state index in [2.05, 4.69) is 4.18 Å². The van der Waals surface area contributed by atoms with Crippen LogP contribution in [0.25, 0.3) is 0 Å². The van der Waals surface area contributed by atoms with E-state index >= 15 is 0 Å². The van der Waals surface area contributed by atoms with Gasteiger partial charge in [0.15, 0.2) is 6.29 Å². The van der Waals surface area contributed by atoms with E-state index in [4.69, 9.17) is 23.9 Å². The molecule has 2 aliphatic rings. The van der Waals surface area contributed by atoms with Crippen LogP contribution in [0, 0.1) is 0 Å². The van der Waals surface area contributed by atoms with Gasteiger partial charge in [0.1, 0.15) is 30.5 Å². The predicted octanol–water partition coefficient (Wildman–Crippen LogP) is -3.30. The van der Waals surface area contributed by atoms with E-state index in [0.29, 0.717) is 0 Å². The van der Waals surface area contributed by atoms with Crippen LogP contribution in [0.1, 0.15) is 6.92 Å². The number of rotatable bonds is 5. The molecule has 2 rings (SSSR count). The molecule has 6 N–H and O–H groups in total. The van der Waals surface area contributed by atoms with Gasteiger partial charge in [-0.3, -0.25) is 4.55 Å². The van der Waals surface area contributed by atoms with Crippen LogP contribution in [-0.2, 0) is 33.6 Å². The highest BCUT2D eigenvalue weighted by molar-refractivity contribution is 7.80. The average Bonchev–Trinajstić information content (AvgIpc) is 2.50. The quantitative estimate of drug-likeness (QED) is 0.249.